The van der Waals surface area contributed by atoms with Gasteiger partial charge in [0.25, 0.3) is 0 Å². The van der Waals surface area contributed by atoms with Gasteiger partial charge in [0.1, 0.15) is 5.82 Å². The number of fused-ring (bicyclic) bond motifs is 1. The van der Waals surface area contributed by atoms with Gasteiger partial charge in [0, 0.05) is 27.6 Å². The summed E-state index contributed by atoms with van der Waals surface area (Å²) >= 11 is 7.47. The molecule has 1 nitrogen and oxygen atoms in total. The van der Waals surface area contributed by atoms with E-state index in [4.69, 9.17) is 17.3 Å². The molecule has 0 aliphatic carbocycles. The molecule has 0 fully saturated rings. The Morgan fingerprint density at radius 2 is 2.29 bits per heavy atom. The van der Waals surface area contributed by atoms with E-state index in [1.807, 2.05) is 0 Å². The molecule has 1 aliphatic rings. The Balaban J connectivity index is 2.54. The Morgan fingerprint density at radius 1 is 1.57 bits per heavy atom. The minimum Gasteiger partial charge on any atom is -0.323 e. The fourth-order valence-corrected chi connectivity index (χ4v) is 2.95. The molecule has 0 amide bonds. The molecule has 14 heavy (non-hydrogen) atoms. The standard InChI is InChI=1S/C10H11ClFNS/c1-5-10(13)7-2-6(11)3-9(12)8(7)4-14-5/h2-3,5,10H,4,13H2,1H3. The SMILES string of the molecule is CC1SCc2c(F)cc(Cl)cc2C1N. The number of hydrogen-bond acceptors (Lipinski definition) is 2. The predicted octanol–water partition coefficient (Wildman–Crippen LogP) is 3.11. The monoisotopic (exact) mass is 231 g/mol. The topological polar surface area (TPSA) is 26.0 Å². The summed E-state index contributed by atoms with van der Waals surface area (Å²) in [4.78, 5) is 0. The van der Waals surface area contributed by atoms with Gasteiger partial charge in [-0.2, -0.15) is 11.8 Å². The highest BCUT2D eigenvalue weighted by Crippen LogP contribution is 2.38. The lowest BCUT2D eigenvalue weighted by molar-refractivity contribution is 0.600. The zero-order valence-electron chi connectivity index (χ0n) is 7.76. The molecule has 0 saturated carbocycles. The van der Waals surface area contributed by atoms with Crippen LogP contribution in [0.2, 0.25) is 5.02 Å². The molecule has 4 heteroatoms. The largest absolute Gasteiger partial charge is 0.323 e. The maximum Gasteiger partial charge on any atom is 0.129 e. The van der Waals surface area contributed by atoms with E-state index in [2.05, 4.69) is 6.92 Å². The van der Waals surface area contributed by atoms with Gasteiger partial charge in [-0.25, -0.2) is 4.39 Å². The Bertz CT molecular complexity index is 369. The molecular formula is C10H11ClFNS. The molecule has 2 rings (SSSR count). The van der Waals surface area contributed by atoms with E-state index in [1.165, 1.54) is 6.07 Å². The second kappa shape index (κ2) is 3.72. The zero-order chi connectivity index (χ0) is 10.3. The van der Waals surface area contributed by atoms with Gasteiger partial charge < -0.3 is 5.73 Å². The molecule has 0 bridgehead atoms. The molecule has 0 radical (unpaired) electrons. The fourth-order valence-electron chi connectivity index (χ4n) is 1.64. The van der Waals surface area contributed by atoms with Crippen LogP contribution in [0.3, 0.4) is 0 Å². The Labute approximate surface area is 91.8 Å². The van der Waals surface area contributed by atoms with E-state index >= 15 is 0 Å². The van der Waals surface area contributed by atoms with Gasteiger partial charge in [-0.1, -0.05) is 18.5 Å². The van der Waals surface area contributed by atoms with Gasteiger partial charge >= 0.3 is 0 Å². The quantitative estimate of drug-likeness (QED) is 0.743. The van der Waals surface area contributed by atoms with Crippen molar-refractivity contribution in [3.05, 3.63) is 34.1 Å². The van der Waals surface area contributed by atoms with Crippen molar-refractivity contribution < 1.29 is 4.39 Å². The molecule has 0 saturated heterocycles. The third kappa shape index (κ3) is 1.64. The van der Waals surface area contributed by atoms with Crippen LogP contribution in [0.15, 0.2) is 12.1 Å². The van der Waals surface area contributed by atoms with Gasteiger partial charge in [-0.15, -0.1) is 0 Å². The number of hydrogen-bond donors (Lipinski definition) is 1. The summed E-state index contributed by atoms with van der Waals surface area (Å²) in [6, 6.07) is 3.02. The molecule has 76 valence electrons. The Kier molecular flexibility index (Phi) is 2.73. The summed E-state index contributed by atoms with van der Waals surface area (Å²) < 4.78 is 13.5. The lowest BCUT2D eigenvalue weighted by atomic mass is 9.99. The average molecular weight is 232 g/mol. The van der Waals surface area contributed by atoms with E-state index < -0.39 is 0 Å². The number of halogens is 2. The maximum absolute atomic E-state index is 13.5. The van der Waals surface area contributed by atoms with Gasteiger partial charge in [0.2, 0.25) is 0 Å². The van der Waals surface area contributed by atoms with Gasteiger partial charge in [-0.3, -0.25) is 0 Å². The number of thioether (sulfide) groups is 1. The van der Waals surface area contributed by atoms with Crippen LogP contribution in [-0.2, 0) is 5.75 Å². The van der Waals surface area contributed by atoms with Crippen LogP contribution >= 0.6 is 23.4 Å². The predicted molar refractivity (Wildman–Crippen MR) is 59.1 cm³/mol. The highest BCUT2D eigenvalue weighted by molar-refractivity contribution is 7.99. The molecule has 2 N–H and O–H groups in total. The molecule has 1 aliphatic heterocycles. The first-order valence-electron chi connectivity index (χ1n) is 4.44. The second-order valence-corrected chi connectivity index (χ2v) is 5.30. The molecule has 2 unspecified atom stereocenters. The van der Waals surface area contributed by atoms with Crippen LogP contribution in [0.5, 0.6) is 0 Å². The fraction of sp³-hybridized carbons (Fsp3) is 0.400. The summed E-state index contributed by atoms with van der Waals surface area (Å²) in [6.45, 7) is 2.05. The molecule has 1 aromatic rings. The van der Waals surface area contributed by atoms with Crippen molar-refractivity contribution in [2.45, 2.75) is 24.0 Å². The average Bonchev–Trinajstić information content (AvgIpc) is 2.12. The third-order valence-electron chi connectivity index (χ3n) is 2.55. The van der Waals surface area contributed by atoms with Crippen molar-refractivity contribution in [3.8, 4) is 0 Å². The first-order valence-corrected chi connectivity index (χ1v) is 5.87. The first kappa shape index (κ1) is 10.3. The van der Waals surface area contributed by atoms with Crippen LogP contribution in [0, 0.1) is 5.82 Å². The maximum atomic E-state index is 13.5. The number of benzene rings is 1. The van der Waals surface area contributed by atoms with Crippen LogP contribution in [-0.4, -0.2) is 5.25 Å². The number of nitrogens with two attached hydrogens (primary N) is 1. The third-order valence-corrected chi connectivity index (χ3v) is 4.04. The summed E-state index contributed by atoms with van der Waals surface area (Å²) in [5, 5.41) is 0.746. The van der Waals surface area contributed by atoms with Crippen LogP contribution < -0.4 is 5.73 Å². The van der Waals surface area contributed by atoms with E-state index in [-0.39, 0.29) is 11.9 Å². The van der Waals surface area contributed by atoms with E-state index in [1.54, 1.807) is 17.8 Å². The van der Waals surface area contributed by atoms with Gasteiger partial charge in [-0.05, 0) is 17.7 Å². The van der Waals surface area contributed by atoms with Crippen molar-refractivity contribution in [2.75, 3.05) is 0 Å². The summed E-state index contributed by atoms with van der Waals surface area (Å²) in [6.07, 6.45) is 0. The summed E-state index contributed by atoms with van der Waals surface area (Å²) in [7, 11) is 0. The lowest BCUT2D eigenvalue weighted by Crippen LogP contribution is -2.26. The van der Waals surface area contributed by atoms with Gasteiger partial charge in [0.15, 0.2) is 0 Å². The van der Waals surface area contributed by atoms with E-state index in [0.717, 1.165) is 5.56 Å². The lowest BCUT2D eigenvalue weighted by Gasteiger charge is -2.28. The van der Waals surface area contributed by atoms with E-state index in [0.29, 0.717) is 21.6 Å². The van der Waals surface area contributed by atoms with Gasteiger partial charge in [0.05, 0.1) is 0 Å². The van der Waals surface area contributed by atoms with Crippen molar-refractivity contribution in [1.29, 1.82) is 0 Å². The Hall–Kier alpha value is -0.250. The van der Waals surface area contributed by atoms with Crippen molar-refractivity contribution in [1.82, 2.24) is 0 Å². The van der Waals surface area contributed by atoms with Crippen LogP contribution in [0.1, 0.15) is 24.1 Å². The molecule has 0 spiro atoms. The van der Waals surface area contributed by atoms with Crippen LogP contribution in [0.4, 0.5) is 4.39 Å². The molecule has 0 aromatic heterocycles. The zero-order valence-corrected chi connectivity index (χ0v) is 9.33. The minimum atomic E-state index is -0.234. The minimum absolute atomic E-state index is 0.114. The van der Waals surface area contributed by atoms with Crippen LogP contribution in [0.25, 0.3) is 0 Å². The highest BCUT2D eigenvalue weighted by atomic mass is 35.5. The highest BCUT2D eigenvalue weighted by Gasteiger charge is 2.26. The van der Waals surface area contributed by atoms with E-state index in [9.17, 15) is 4.39 Å². The van der Waals surface area contributed by atoms with Crippen molar-refractivity contribution in [2.24, 2.45) is 5.73 Å². The molecule has 1 heterocycles. The Morgan fingerprint density at radius 3 is 3.00 bits per heavy atom. The summed E-state index contributed by atoms with van der Waals surface area (Å²) in [5.74, 6) is 0.454. The number of rotatable bonds is 0. The first-order chi connectivity index (χ1) is 6.59. The second-order valence-electron chi connectivity index (χ2n) is 3.50. The molecule has 1 aromatic carbocycles. The molecular weight excluding hydrogens is 221 g/mol. The molecule has 2 atom stereocenters. The normalized spacial score (nSPS) is 26.0. The summed E-state index contributed by atoms with van der Waals surface area (Å²) in [5.41, 5.74) is 7.56. The van der Waals surface area contributed by atoms with Crippen molar-refractivity contribution in [3.63, 3.8) is 0 Å². The van der Waals surface area contributed by atoms with Crippen molar-refractivity contribution >= 4 is 23.4 Å². The smallest absolute Gasteiger partial charge is 0.129 e.